The van der Waals surface area contributed by atoms with Crippen LogP contribution < -0.4 is 16.4 Å². The molecular formula is C10H22N4O2. The Morgan fingerprint density at radius 3 is 2.12 bits per heavy atom. The molecule has 0 radical (unpaired) electrons. The number of rotatable bonds is 5. The zero-order chi connectivity index (χ0) is 12.8. The van der Waals surface area contributed by atoms with E-state index in [1.165, 1.54) is 4.90 Å². The van der Waals surface area contributed by atoms with Gasteiger partial charge in [-0.15, -0.1) is 0 Å². The van der Waals surface area contributed by atoms with Crippen LogP contribution in [0.3, 0.4) is 0 Å². The van der Waals surface area contributed by atoms with Crippen molar-refractivity contribution in [1.82, 2.24) is 15.5 Å². The Labute approximate surface area is 96.5 Å². The van der Waals surface area contributed by atoms with Crippen molar-refractivity contribution in [3.05, 3.63) is 0 Å². The number of urea groups is 1. The Kier molecular flexibility index (Phi) is 5.81. The molecule has 6 nitrogen and oxygen atoms in total. The third-order valence-electron chi connectivity index (χ3n) is 2.22. The van der Waals surface area contributed by atoms with E-state index in [0.717, 1.165) is 0 Å². The van der Waals surface area contributed by atoms with Crippen molar-refractivity contribution in [3.63, 3.8) is 0 Å². The van der Waals surface area contributed by atoms with E-state index in [1.54, 1.807) is 27.9 Å². The van der Waals surface area contributed by atoms with Gasteiger partial charge < -0.3 is 21.3 Å². The largest absolute Gasteiger partial charge is 0.354 e. The number of amides is 3. The molecule has 0 atom stereocenters. The summed E-state index contributed by atoms with van der Waals surface area (Å²) in [5.74, 6) is -0.103. The van der Waals surface area contributed by atoms with Crippen LogP contribution in [0.15, 0.2) is 0 Å². The van der Waals surface area contributed by atoms with E-state index < -0.39 is 5.41 Å². The minimum atomic E-state index is -0.564. The quantitative estimate of drug-likeness (QED) is 0.549. The van der Waals surface area contributed by atoms with Crippen molar-refractivity contribution in [2.45, 2.75) is 13.8 Å². The van der Waals surface area contributed by atoms with Gasteiger partial charge in [0.05, 0.1) is 5.41 Å². The molecule has 0 heterocycles. The molecule has 94 valence electrons. The highest BCUT2D eigenvalue weighted by molar-refractivity contribution is 5.82. The van der Waals surface area contributed by atoms with Crippen LogP contribution in [0.25, 0.3) is 0 Å². The highest BCUT2D eigenvalue weighted by Gasteiger charge is 2.24. The normalized spacial score (nSPS) is 10.8. The summed E-state index contributed by atoms with van der Waals surface area (Å²) in [4.78, 5) is 24.1. The maximum absolute atomic E-state index is 11.6. The van der Waals surface area contributed by atoms with Gasteiger partial charge in [-0.2, -0.15) is 0 Å². The van der Waals surface area contributed by atoms with Crippen molar-refractivity contribution in [2.24, 2.45) is 11.1 Å². The van der Waals surface area contributed by atoms with E-state index in [-0.39, 0.29) is 11.9 Å². The van der Waals surface area contributed by atoms with Gasteiger partial charge >= 0.3 is 6.03 Å². The number of hydrogen-bond donors (Lipinski definition) is 3. The number of hydrogen-bond acceptors (Lipinski definition) is 3. The fourth-order valence-corrected chi connectivity index (χ4v) is 0.836. The molecule has 0 aromatic rings. The molecule has 0 saturated carbocycles. The smallest absolute Gasteiger partial charge is 0.316 e. The Hall–Kier alpha value is -1.30. The Balaban J connectivity index is 3.76. The van der Waals surface area contributed by atoms with E-state index in [1.807, 2.05) is 0 Å². The molecular weight excluding hydrogens is 208 g/mol. The van der Waals surface area contributed by atoms with Gasteiger partial charge in [-0.25, -0.2) is 4.79 Å². The fraction of sp³-hybridized carbons (Fsp3) is 0.800. The topological polar surface area (TPSA) is 87.5 Å². The van der Waals surface area contributed by atoms with E-state index in [2.05, 4.69) is 10.6 Å². The minimum Gasteiger partial charge on any atom is -0.354 e. The summed E-state index contributed by atoms with van der Waals surface area (Å²) in [6, 6.07) is -0.174. The van der Waals surface area contributed by atoms with Crippen LogP contribution in [0.1, 0.15) is 13.8 Å². The highest BCUT2D eigenvalue weighted by atomic mass is 16.2. The number of carbonyl (C=O) groups excluding carboxylic acids is 2. The molecule has 0 aromatic carbocycles. The van der Waals surface area contributed by atoms with Crippen molar-refractivity contribution in [3.8, 4) is 0 Å². The monoisotopic (exact) mass is 230 g/mol. The molecule has 0 saturated heterocycles. The molecule has 0 rings (SSSR count). The first kappa shape index (κ1) is 14.7. The molecule has 0 fully saturated rings. The van der Waals surface area contributed by atoms with Crippen molar-refractivity contribution < 1.29 is 9.59 Å². The van der Waals surface area contributed by atoms with Crippen LogP contribution in [0, 0.1) is 5.41 Å². The van der Waals surface area contributed by atoms with Crippen LogP contribution in [0.2, 0.25) is 0 Å². The van der Waals surface area contributed by atoms with Crippen molar-refractivity contribution in [2.75, 3.05) is 33.7 Å². The Morgan fingerprint density at radius 1 is 1.19 bits per heavy atom. The lowest BCUT2D eigenvalue weighted by Crippen LogP contribution is -2.45. The zero-order valence-corrected chi connectivity index (χ0v) is 10.5. The summed E-state index contributed by atoms with van der Waals surface area (Å²) >= 11 is 0. The molecule has 0 aromatic heterocycles. The van der Waals surface area contributed by atoms with Crippen LogP contribution in [-0.2, 0) is 4.79 Å². The van der Waals surface area contributed by atoms with Gasteiger partial charge in [-0.05, 0) is 13.8 Å². The maximum atomic E-state index is 11.6. The van der Waals surface area contributed by atoms with Gasteiger partial charge in [0.25, 0.3) is 0 Å². The summed E-state index contributed by atoms with van der Waals surface area (Å²) in [5.41, 5.74) is 4.90. The van der Waals surface area contributed by atoms with Crippen LogP contribution in [-0.4, -0.2) is 50.6 Å². The number of nitrogens with one attached hydrogen (secondary N) is 2. The Morgan fingerprint density at radius 2 is 1.69 bits per heavy atom. The fourth-order valence-electron chi connectivity index (χ4n) is 0.836. The molecule has 6 heteroatoms. The second-order valence-electron chi connectivity index (χ2n) is 4.47. The lowest BCUT2D eigenvalue weighted by atomic mass is 9.93. The summed E-state index contributed by atoms with van der Waals surface area (Å²) in [5, 5.41) is 5.36. The second kappa shape index (κ2) is 6.32. The SMILES string of the molecule is CN(C)C(=O)NCCNC(=O)C(C)(C)CN. The molecule has 4 N–H and O–H groups in total. The number of nitrogens with two attached hydrogens (primary N) is 1. The van der Waals surface area contributed by atoms with Gasteiger partial charge in [-0.3, -0.25) is 4.79 Å². The molecule has 0 aliphatic carbocycles. The Bertz CT molecular complexity index is 251. The third kappa shape index (κ3) is 4.97. The van der Waals surface area contributed by atoms with Crippen LogP contribution in [0.5, 0.6) is 0 Å². The van der Waals surface area contributed by atoms with Gasteiger partial charge in [0, 0.05) is 33.7 Å². The average molecular weight is 230 g/mol. The number of nitrogens with zero attached hydrogens (tertiary/aromatic N) is 1. The first-order valence-electron chi connectivity index (χ1n) is 5.25. The standard InChI is InChI=1S/C10H22N4O2/c1-10(2,7-11)8(15)12-5-6-13-9(16)14(3)4/h5-7,11H2,1-4H3,(H,12,15)(H,13,16). The molecule has 0 spiro atoms. The molecule has 0 bridgehead atoms. The minimum absolute atomic E-state index is 0.103. The zero-order valence-electron chi connectivity index (χ0n) is 10.5. The molecule has 0 aliphatic heterocycles. The predicted octanol–water partition coefficient (Wildman–Crippen LogP) is -0.641. The molecule has 0 unspecified atom stereocenters. The van der Waals surface area contributed by atoms with Gasteiger partial charge in [-0.1, -0.05) is 0 Å². The van der Waals surface area contributed by atoms with Crippen molar-refractivity contribution >= 4 is 11.9 Å². The molecule has 16 heavy (non-hydrogen) atoms. The second-order valence-corrected chi connectivity index (χ2v) is 4.47. The first-order chi connectivity index (χ1) is 7.31. The van der Waals surface area contributed by atoms with E-state index in [9.17, 15) is 9.59 Å². The lowest BCUT2D eigenvalue weighted by Gasteiger charge is -2.21. The highest BCUT2D eigenvalue weighted by Crippen LogP contribution is 2.11. The third-order valence-corrected chi connectivity index (χ3v) is 2.22. The van der Waals surface area contributed by atoms with Gasteiger partial charge in [0.1, 0.15) is 0 Å². The van der Waals surface area contributed by atoms with Gasteiger partial charge in [0.15, 0.2) is 0 Å². The van der Waals surface area contributed by atoms with Crippen LogP contribution >= 0.6 is 0 Å². The van der Waals surface area contributed by atoms with Crippen molar-refractivity contribution in [1.29, 1.82) is 0 Å². The van der Waals surface area contributed by atoms with E-state index in [4.69, 9.17) is 5.73 Å². The van der Waals surface area contributed by atoms with Gasteiger partial charge in [0.2, 0.25) is 5.91 Å². The summed E-state index contributed by atoms with van der Waals surface area (Å²) < 4.78 is 0. The maximum Gasteiger partial charge on any atom is 0.316 e. The van der Waals surface area contributed by atoms with Crippen LogP contribution in [0.4, 0.5) is 4.79 Å². The molecule has 3 amide bonds. The van der Waals surface area contributed by atoms with E-state index >= 15 is 0 Å². The number of carbonyl (C=O) groups is 2. The van der Waals surface area contributed by atoms with E-state index in [0.29, 0.717) is 19.6 Å². The summed E-state index contributed by atoms with van der Waals surface area (Å²) in [6.07, 6.45) is 0. The molecule has 0 aliphatic rings. The predicted molar refractivity (Wildman–Crippen MR) is 62.9 cm³/mol. The first-order valence-corrected chi connectivity index (χ1v) is 5.25. The average Bonchev–Trinajstić information content (AvgIpc) is 2.23. The lowest BCUT2D eigenvalue weighted by molar-refractivity contribution is -0.128. The summed E-state index contributed by atoms with van der Waals surface area (Å²) in [6.45, 7) is 4.66. The summed E-state index contributed by atoms with van der Waals surface area (Å²) in [7, 11) is 3.32.